The number of hydrogen-bond donors (Lipinski definition) is 2. The Labute approximate surface area is 151 Å². The van der Waals surface area contributed by atoms with E-state index >= 15 is 0 Å². The van der Waals surface area contributed by atoms with E-state index in [4.69, 9.17) is 5.26 Å². The zero-order valence-electron chi connectivity index (χ0n) is 14.1. The predicted molar refractivity (Wildman–Crippen MR) is 101 cm³/mol. The Morgan fingerprint density at radius 3 is 2.83 bits per heavy atom. The van der Waals surface area contributed by atoms with E-state index in [9.17, 15) is 0 Å². The molecule has 2 rings (SSSR count). The van der Waals surface area contributed by atoms with Crippen molar-refractivity contribution >= 4 is 33.4 Å². The number of hydrogen-bond acceptors (Lipinski definition) is 6. The summed E-state index contributed by atoms with van der Waals surface area (Å²) in [5.74, 6) is 1.24. The van der Waals surface area contributed by atoms with Crippen molar-refractivity contribution in [3.8, 4) is 6.07 Å². The molecule has 0 atom stereocenters. The van der Waals surface area contributed by atoms with Gasteiger partial charge in [0.15, 0.2) is 0 Å². The van der Waals surface area contributed by atoms with Crippen LogP contribution in [0, 0.1) is 18.3 Å². The van der Waals surface area contributed by atoms with Crippen LogP contribution in [0.2, 0.25) is 0 Å². The van der Waals surface area contributed by atoms with E-state index in [-0.39, 0.29) is 0 Å². The number of nitrogens with one attached hydrogen (secondary N) is 2. The fourth-order valence-corrected chi connectivity index (χ4v) is 2.43. The molecule has 0 unspecified atom stereocenters. The second-order valence-electron chi connectivity index (χ2n) is 5.74. The zero-order chi connectivity index (χ0) is 17.5. The Morgan fingerprint density at radius 2 is 2.12 bits per heavy atom. The van der Waals surface area contributed by atoms with Gasteiger partial charge in [-0.25, -0.2) is 4.98 Å². The molecule has 1 aromatic carbocycles. The van der Waals surface area contributed by atoms with E-state index in [2.05, 4.69) is 61.6 Å². The van der Waals surface area contributed by atoms with Crippen molar-refractivity contribution in [3.63, 3.8) is 0 Å². The van der Waals surface area contributed by atoms with Crippen molar-refractivity contribution in [2.75, 3.05) is 37.8 Å². The lowest BCUT2D eigenvalue weighted by molar-refractivity contribution is 0.405. The van der Waals surface area contributed by atoms with Crippen molar-refractivity contribution in [2.45, 2.75) is 13.3 Å². The van der Waals surface area contributed by atoms with Gasteiger partial charge in [-0.05, 0) is 67.6 Å². The SMILES string of the molecule is Cc1ccc(Nc2ncc(Br)c(NCCCN(C)C)n2)cc1C#N. The maximum absolute atomic E-state index is 9.12. The van der Waals surface area contributed by atoms with Gasteiger partial charge in [-0.2, -0.15) is 10.2 Å². The molecule has 0 fully saturated rings. The normalized spacial score (nSPS) is 10.5. The molecule has 0 radical (unpaired) electrons. The summed E-state index contributed by atoms with van der Waals surface area (Å²) in [7, 11) is 4.11. The highest BCUT2D eigenvalue weighted by atomic mass is 79.9. The number of aromatic nitrogens is 2. The van der Waals surface area contributed by atoms with Gasteiger partial charge in [0.25, 0.3) is 0 Å². The van der Waals surface area contributed by atoms with Crippen molar-refractivity contribution in [1.29, 1.82) is 5.26 Å². The number of aryl methyl sites for hydroxylation is 1. The van der Waals surface area contributed by atoms with E-state index in [1.165, 1.54) is 0 Å². The van der Waals surface area contributed by atoms with Crippen molar-refractivity contribution in [1.82, 2.24) is 14.9 Å². The van der Waals surface area contributed by atoms with Crippen LogP contribution in [-0.2, 0) is 0 Å². The molecule has 2 aromatic rings. The second-order valence-corrected chi connectivity index (χ2v) is 6.59. The molecule has 24 heavy (non-hydrogen) atoms. The fourth-order valence-electron chi connectivity index (χ4n) is 2.10. The minimum Gasteiger partial charge on any atom is -0.369 e. The van der Waals surface area contributed by atoms with Crippen LogP contribution in [0.4, 0.5) is 17.5 Å². The summed E-state index contributed by atoms with van der Waals surface area (Å²) < 4.78 is 0.819. The van der Waals surface area contributed by atoms with Crippen LogP contribution < -0.4 is 10.6 Å². The van der Waals surface area contributed by atoms with Gasteiger partial charge in [0, 0.05) is 18.4 Å². The third-order valence-electron chi connectivity index (χ3n) is 3.43. The quantitative estimate of drug-likeness (QED) is 0.706. The van der Waals surface area contributed by atoms with E-state index in [0.717, 1.165) is 41.1 Å². The van der Waals surface area contributed by atoms with Crippen molar-refractivity contribution in [2.24, 2.45) is 0 Å². The first-order valence-electron chi connectivity index (χ1n) is 7.68. The summed E-state index contributed by atoms with van der Waals surface area (Å²) >= 11 is 3.46. The van der Waals surface area contributed by atoms with Gasteiger partial charge in [-0.1, -0.05) is 6.07 Å². The first-order chi connectivity index (χ1) is 11.5. The van der Waals surface area contributed by atoms with Crippen LogP contribution in [0.25, 0.3) is 0 Å². The molecule has 1 aromatic heterocycles. The minimum absolute atomic E-state index is 0.487. The Hall–Kier alpha value is -2.17. The number of benzene rings is 1. The van der Waals surface area contributed by atoms with Crippen LogP contribution >= 0.6 is 15.9 Å². The summed E-state index contributed by atoms with van der Waals surface area (Å²) in [4.78, 5) is 10.9. The summed E-state index contributed by atoms with van der Waals surface area (Å²) in [5.41, 5.74) is 2.38. The Morgan fingerprint density at radius 1 is 1.33 bits per heavy atom. The van der Waals surface area contributed by atoms with Gasteiger partial charge in [0.2, 0.25) is 5.95 Å². The molecule has 2 N–H and O–H groups in total. The van der Waals surface area contributed by atoms with E-state index in [1.807, 2.05) is 19.1 Å². The highest BCUT2D eigenvalue weighted by molar-refractivity contribution is 9.10. The number of rotatable bonds is 7. The van der Waals surface area contributed by atoms with Gasteiger partial charge in [-0.15, -0.1) is 0 Å². The highest BCUT2D eigenvalue weighted by Gasteiger charge is 2.06. The summed E-state index contributed by atoms with van der Waals surface area (Å²) in [6.45, 7) is 3.76. The van der Waals surface area contributed by atoms with Gasteiger partial charge < -0.3 is 15.5 Å². The molecule has 0 aliphatic carbocycles. The summed E-state index contributed by atoms with van der Waals surface area (Å²) in [5, 5.41) is 15.6. The molecule has 0 spiro atoms. The Kier molecular flexibility index (Phi) is 6.53. The maximum Gasteiger partial charge on any atom is 0.229 e. The third-order valence-corrected chi connectivity index (χ3v) is 4.01. The van der Waals surface area contributed by atoms with Crippen LogP contribution in [-0.4, -0.2) is 42.1 Å². The molecule has 6 nitrogen and oxygen atoms in total. The molecule has 1 heterocycles. The molecule has 7 heteroatoms. The first kappa shape index (κ1) is 18.2. The van der Waals surface area contributed by atoms with Crippen LogP contribution in [0.5, 0.6) is 0 Å². The monoisotopic (exact) mass is 388 g/mol. The van der Waals surface area contributed by atoms with Gasteiger partial charge in [-0.3, -0.25) is 0 Å². The molecule has 0 bridgehead atoms. The Bertz CT molecular complexity index is 738. The summed E-state index contributed by atoms with van der Waals surface area (Å²) in [6.07, 6.45) is 2.73. The number of nitriles is 1. The topological polar surface area (TPSA) is 76.9 Å². The lowest BCUT2D eigenvalue weighted by Crippen LogP contribution is -2.17. The number of halogens is 1. The standard InChI is InChI=1S/C17H21BrN6/c1-12-5-6-14(9-13(12)10-19)22-17-21-11-15(18)16(23-17)20-7-4-8-24(2)3/h5-6,9,11H,4,7-8H2,1-3H3,(H2,20,21,22,23). The minimum atomic E-state index is 0.487. The lowest BCUT2D eigenvalue weighted by atomic mass is 10.1. The van der Waals surface area contributed by atoms with Crippen molar-refractivity contribution < 1.29 is 0 Å². The largest absolute Gasteiger partial charge is 0.369 e. The molecule has 0 amide bonds. The van der Waals surface area contributed by atoms with Crippen LogP contribution in [0.1, 0.15) is 17.5 Å². The first-order valence-corrected chi connectivity index (χ1v) is 8.48. The fraction of sp³-hybridized carbons (Fsp3) is 0.353. The molecule has 0 aliphatic heterocycles. The predicted octanol–water partition coefficient (Wildman–Crippen LogP) is 3.53. The van der Waals surface area contributed by atoms with Crippen LogP contribution in [0.3, 0.4) is 0 Å². The highest BCUT2D eigenvalue weighted by Crippen LogP contribution is 2.23. The molecular formula is C17H21BrN6. The summed E-state index contributed by atoms with van der Waals surface area (Å²) in [6, 6.07) is 7.79. The third kappa shape index (κ3) is 5.18. The average molecular weight is 389 g/mol. The second kappa shape index (κ2) is 8.62. The average Bonchev–Trinajstić information content (AvgIpc) is 2.55. The van der Waals surface area contributed by atoms with Gasteiger partial charge >= 0.3 is 0 Å². The molecule has 0 saturated heterocycles. The van der Waals surface area contributed by atoms with E-state index in [0.29, 0.717) is 11.5 Å². The zero-order valence-corrected chi connectivity index (χ0v) is 15.7. The lowest BCUT2D eigenvalue weighted by Gasteiger charge is -2.12. The number of anilines is 3. The van der Waals surface area contributed by atoms with Gasteiger partial charge in [0.05, 0.1) is 16.1 Å². The maximum atomic E-state index is 9.12. The molecule has 0 aliphatic rings. The molecule has 126 valence electrons. The van der Waals surface area contributed by atoms with E-state index < -0.39 is 0 Å². The Balaban J connectivity index is 2.06. The molecule has 0 saturated carbocycles. The molecular weight excluding hydrogens is 368 g/mol. The van der Waals surface area contributed by atoms with Crippen LogP contribution in [0.15, 0.2) is 28.9 Å². The van der Waals surface area contributed by atoms with Gasteiger partial charge in [0.1, 0.15) is 5.82 Å². The van der Waals surface area contributed by atoms with Crippen molar-refractivity contribution in [3.05, 3.63) is 40.0 Å². The van der Waals surface area contributed by atoms with E-state index in [1.54, 1.807) is 12.3 Å². The smallest absolute Gasteiger partial charge is 0.229 e. The number of nitrogens with zero attached hydrogens (tertiary/aromatic N) is 4.